The van der Waals surface area contributed by atoms with Crippen LogP contribution >= 0.6 is 11.8 Å². The molecule has 0 aromatic heterocycles. The van der Waals surface area contributed by atoms with Gasteiger partial charge in [-0.2, -0.15) is 11.8 Å². The molecule has 0 saturated heterocycles. The van der Waals surface area contributed by atoms with Gasteiger partial charge in [-0.15, -0.1) is 0 Å². The Morgan fingerprint density at radius 3 is 2.53 bits per heavy atom. The molecule has 0 aliphatic heterocycles. The third kappa shape index (κ3) is 5.46. The summed E-state index contributed by atoms with van der Waals surface area (Å²) in [6.07, 6.45) is 5.74. The van der Waals surface area contributed by atoms with E-state index in [2.05, 4.69) is 18.5 Å². The summed E-state index contributed by atoms with van der Waals surface area (Å²) < 4.78 is 0. The van der Waals surface area contributed by atoms with Crippen LogP contribution in [0.4, 0.5) is 0 Å². The molecule has 0 aliphatic carbocycles. The number of nitrogens with one attached hydrogen (secondary N) is 1. The number of phenols is 1. The topological polar surface area (TPSA) is 32.3 Å². The zero-order valence-corrected chi connectivity index (χ0v) is 11.6. The predicted octanol–water partition coefficient (Wildman–Crippen LogP) is 3.58. The zero-order valence-electron chi connectivity index (χ0n) is 10.8. The van der Waals surface area contributed by atoms with Crippen molar-refractivity contribution >= 4 is 11.8 Å². The zero-order chi connectivity index (χ0) is 12.5. The van der Waals surface area contributed by atoms with Crippen molar-refractivity contribution in [2.45, 2.75) is 32.2 Å². The molecule has 3 heteroatoms. The second kappa shape index (κ2) is 8.43. The van der Waals surface area contributed by atoms with Crippen molar-refractivity contribution < 1.29 is 5.11 Å². The number of hydrogen-bond donors (Lipinski definition) is 2. The third-order valence-electron chi connectivity index (χ3n) is 2.87. The van der Waals surface area contributed by atoms with Crippen molar-refractivity contribution in [3.63, 3.8) is 0 Å². The van der Waals surface area contributed by atoms with Gasteiger partial charge in [0.05, 0.1) is 0 Å². The molecule has 0 spiro atoms. The van der Waals surface area contributed by atoms with Crippen LogP contribution in [0.15, 0.2) is 24.3 Å². The van der Waals surface area contributed by atoms with Crippen LogP contribution < -0.4 is 5.32 Å². The summed E-state index contributed by atoms with van der Waals surface area (Å²) in [7, 11) is 0. The molecule has 17 heavy (non-hydrogen) atoms. The van der Waals surface area contributed by atoms with E-state index >= 15 is 0 Å². The molecular formula is C14H23NOS. The Labute approximate surface area is 109 Å². The van der Waals surface area contributed by atoms with Crippen molar-refractivity contribution in [1.29, 1.82) is 0 Å². The summed E-state index contributed by atoms with van der Waals surface area (Å²) >= 11 is 1.91. The third-order valence-corrected chi connectivity index (χ3v) is 3.57. The molecule has 0 amide bonds. The largest absolute Gasteiger partial charge is 0.508 e. The highest BCUT2D eigenvalue weighted by Crippen LogP contribution is 2.19. The van der Waals surface area contributed by atoms with E-state index in [4.69, 9.17) is 0 Å². The molecule has 1 aromatic rings. The van der Waals surface area contributed by atoms with Gasteiger partial charge >= 0.3 is 0 Å². The van der Waals surface area contributed by atoms with Crippen molar-refractivity contribution in [2.24, 2.45) is 0 Å². The highest BCUT2D eigenvalue weighted by atomic mass is 32.2. The number of benzene rings is 1. The lowest BCUT2D eigenvalue weighted by Crippen LogP contribution is -2.21. The fourth-order valence-corrected chi connectivity index (χ4v) is 2.35. The molecule has 0 radical (unpaired) electrons. The van der Waals surface area contributed by atoms with E-state index in [1.807, 2.05) is 23.9 Å². The molecule has 0 bridgehead atoms. The minimum atomic E-state index is 0.337. The average Bonchev–Trinajstić information content (AvgIpc) is 2.35. The molecule has 0 heterocycles. The molecule has 1 aromatic carbocycles. The summed E-state index contributed by atoms with van der Waals surface area (Å²) in [5.74, 6) is 1.58. The number of aromatic hydroxyl groups is 1. The van der Waals surface area contributed by atoms with Gasteiger partial charge < -0.3 is 10.4 Å². The lowest BCUT2D eigenvalue weighted by atomic mass is 10.0. The number of hydrogen-bond acceptors (Lipinski definition) is 3. The van der Waals surface area contributed by atoms with Gasteiger partial charge in [0.25, 0.3) is 0 Å². The Kier molecular flexibility index (Phi) is 7.13. The van der Waals surface area contributed by atoms with Crippen LogP contribution in [0.2, 0.25) is 0 Å². The first-order valence-electron chi connectivity index (χ1n) is 6.29. The Bertz CT molecular complexity index is 300. The second-order valence-corrected chi connectivity index (χ2v) is 5.19. The van der Waals surface area contributed by atoms with E-state index in [1.54, 1.807) is 12.1 Å². The normalized spacial score (nSPS) is 12.6. The standard InChI is InChI=1S/C14H23NOS/c1-3-14(15-10-4-5-11-17-2)12-6-8-13(16)9-7-12/h6-9,14-16H,3-5,10-11H2,1-2H3. The van der Waals surface area contributed by atoms with Gasteiger partial charge in [-0.05, 0) is 55.5 Å². The molecule has 2 nitrogen and oxygen atoms in total. The van der Waals surface area contributed by atoms with E-state index in [0.717, 1.165) is 13.0 Å². The maximum atomic E-state index is 9.26. The lowest BCUT2D eigenvalue weighted by molar-refractivity contribution is 0.472. The van der Waals surface area contributed by atoms with E-state index in [1.165, 1.54) is 24.2 Å². The summed E-state index contributed by atoms with van der Waals surface area (Å²) in [5, 5.41) is 12.8. The SMILES string of the molecule is CCC(NCCCCSC)c1ccc(O)cc1. The minimum Gasteiger partial charge on any atom is -0.508 e. The smallest absolute Gasteiger partial charge is 0.115 e. The van der Waals surface area contributed by atoms with Crippen LogP contribution in [-0.4, -0.2) is 23.7 Å². The second-order valence-electron chi connectivity index (χ2n) is 4.21. The van der Waals surface area contributed by atoms with Crippen molar-refractivity contribution in [2.75, 3.05) is 18.6 Å². The van der Waals surface area contributed by atoms with Crippen molar-refractivity contribution in [1.82, 2.24) is 5.32 Å². The van der Waals surface area contributed by atoms with Crippen LogP contribution in [0.5, 0.6) is 5.75 Å². The predicted molar refractivity (Wildman–Crippen MR) is 76.8 cm³/mol. The van der Waals surface area contributed by atoms with Crippen LogP contribution in [0.3, 0.4) is 0 Å². The van der Waals surface area contributed by atoms with E-state index < -0.39 is 0 Å². The van der Waals surface area contributed by atoms with E-state index in [9.17, 15) is 5.11 Å². The van der Waals surface area contributed by atoms with Crippen LogP contribution in [-0.2, 0) is 0 Å². The fourth-order valence-electron chi connectivity index (χ4n) is 1.85. The first-order valence-corrected chi connectivity index (χ1v) is 7.68. The average molecular weight is 253 g/mol. The van der Waals surface area contributed by atoms with Crippen LogP contribution in [0.1, 0.15) is 37.8 Å². The van der Waals surface area contributed by atoms with Gasteiger partial charge in [-0.3, -0.25) is 0 Å². The van der Waals surface area contributed by atoms with Gasteiger partial charge in [-0.1, -0.05) is 19.1 Å². The molecule has 1 atom stereocenters. The van der Waals surface area contributed by atoms with Crippen molar-refractivity contribution in [3.05, 3.63) is 29.8 Å². The molecule has 96 valence electrons. The number of thioether (sulfide) groups is 1. The molecule has 0 saturated carbocycles. The van der Waals surface area contributed by atoms with Gasteiger partial charge in [0.1, 0.15) is 5.75 Å². The summed E-state index contributed by atoms with van der Waals surface area (Å²) in [5.41, 5.74) is 1.26. The van der Waals surface area contributed by atoms with Gasteiger partial charge in [0.2, 0.25) is 0 Å². The first-order chi connectivity index (χ1) is 8.27. The first kappa shape index (κ1) is 14.4. The van der Waals surface area contributed by atoms with E-state index in [-0.39, 0.29) is 0 Å². The van der Waals surface area contributed by atoms with Gasteiger partial charge in [0, 0.05) is 6.04 Å². The monoisotopic (exact) mass is 253 g/mol. The highest BCUT2D eigenvalue weighted by Gasteiger charge is 2.07. The summed E-state index contributed by atoms with van der Waals surface area (Å²) in [4.78, 5) is 0. The Balaban J connectivity index is 2.35. The molecule has 1 unspecified atom stereocenters. The Morgan fingerprint density at radius 2 is 1.94 bits per heavy atom. The van der Waals surface area contributed by atoms with Crippen LogP contribution in [0, 0.1) is 0 Å². The maximum absolute atomic E-state index is 9.26. The Hall–Kier alpha value is -0.670. The summed E-state index contributed by atoms with van der Waals surface area (Å²) in [6.45, 7) is 3.26. The van der Waals surface area contributed by atoms with Gasteiger partial charge in [0.15, 0.2) is 0 Å². The minimum absolute atomic E-state index is 0.337. The quantitative estimate of drug-likeness (QED) is 0.695. The molecule has 0 fully saturated rings. The lowest BCUT2D eigenvalue weighted by Gasteiger charge is -2.17. The fraction of sp³-hybridized carbons (Fsp3) is 0.571. The highest BCUT2D eigenvalue weighted by molar-refractivity contribution is 7.98. The van der Waals surface area contributed by atoms with Gasteiger partial charge in [-0.25, -0.2) is 0 Å². The molecule has 0 aliphatic rings. The molecular weight excluding hydrogens is 230 g/mol. The van der Waals surface area contributed by atoms with E-state index in [0.29, 0.717) is 11.8 Å². The summed E-state index contributed by atoms with van der Waals surface area (Å²) in [6, 6.07) is 7.92. The van der Waals surface area contributed by atoms with Crippen molar-refractivity contribution in [3.8, 4) is 5.75 Å². The number of unbranched alkanes of at least 4 members (excludes halogenated alkanes) is 1. The number of rotatable bonds is 8. The molecule has 2 N–H and O–H groups in total. The maximum Gasteiger partial charge on any atom is 0.115 e. The number of phenolic OH excluding ortho intramolecular Hbond substituents is 1. The van der Waals surface area contributed by atoms with Crippen LogP contribution in [0.25, 0.3) is 0 Å². The molecule has 1 rings (SSSR count). The Morgan fingerprint density at radius 1 is 1.24 bits per heavy atom.